The molecule has 1 aromatic rings. The Morgan fingerprint density at radius 1 is 1.36 bits per heavy atom. The van der Waals surface area contributed by atoms with E-state index in [9.17, 15) is 13.6 Å². The highest BCUT2D eigenvalue weighted by Gasteiger charge is 2.15. The highest BCUT2D eigenvalue weighted by atomic mass is 19.1. The average molecular weight is 199 g/mol. The fourth-order valence-corrected chi connectivity index (χ4v) is 1.10. The molecule has 2 N–H and O–H groups in total. The minimum Gasteiger partial charge on any atom is -0.321 e. The molecule has 1 atom stereocenters. The van der Waals surface area contributed by atoms with Gasteiger partial charge in [-0.3, -0.25) is 4.79 Å². The smallest absolute Gasteiger partial charge is 0.179 e. The predicted molar refractivity (Wildman–Crippen MR) is 49.0 cm³/mol. The van der Waals surface area contributed by atoms with Crippen LogP contribution in [0, 0.1) is 11.6 Å². The number of Topliss-reactive ketones (excluding diaryl/α,β-unsaturated/α-hetero) is 1. The zero-order chi connectivity index (χ0) is 10.7. The molecule has 2 nitrogen and oxygen atoms in total. The van der Waals surface area contributed by atoms with Crippen LogP contribution < -0.4 is 5.73 Å². The molecule has 0 aliphatic heterocycles. The minimum absolute atomic E-state index is 0.0168. The summed E-state index contributed by atoms with van der Waals surface area (Å²) in [6, 6.07) is 1.99. The molecule has 0 radical (unpaired) electrons. The fourth-order valence-electron chi connectivity index (χ4n) is 1.10. The van der Waals surface area contributed by atoms with Crippen LogP contribution in [-0.4, -0.2) is 11.8 Å². The number of ketones is 1. The van der Waals surface area contributed by atoms with E-state index in [1.165, 1.54) is 0 Å². The maximum atomic E-state index is 12.7. The third-order valence-corrected chi connectivity index (χ3v) is 1.92. The summed E-state index contributed by atoms with van der Waals surface area (Å²) in [5, 5.41) is 0. The fraction of sp³-hybridized carbons (Fsp3) is 0.300. The van der Waals surface area contributed by atoms with Crippen LogP contribution in [0.1, 0.15) is 23.7 Å². The van der Waals surface area contributed by atoms with Crippen molar-refractivity contribution in [3.63, 3.8) is 0 Å². The van der Waals surface area contributed by atoms with Crippen molar-refractivity contribution in [1.82, 2.24) is 0 Å². The van der Waals surface area contributed by atoms with Gasteiger partial charge >= 0.3 is 0 Å². The van der Waals surface area contributed by atoms with Gasteiger partial charge in [0.15, 0.2) is 5.78 Å². The number of hydrogen-bond donors (Lipinski definition) is 1. The number of benzene rings is 1. The molecule has 1 unspecified atom stereocenters. The Kier molecular flexibility index (Phi) is 3.30. The summed E-state index contributed by atoms with van der Waals surface area (Å²) < 4.78 is 25.4. The quantitative estimate of drug-likeness (QED) is 0.755. The van der Waals surface area contributed by atoms with Gasteiger partial charge in [-0.2, -0.15) is 0 Å². The molecule has 1 aromatic carbocycles. The first-order valence-electron chi connectivity index (χ1n) is 4.30. The van der Waals surface area contributed by atoms with Crippen molar-refractivity contribution in [1.29, 1.82) is 0 Å². The van der Waals surface area contributed by atoms with Crippen LogP contribution in [0.5, 0.6) is 0 Å². The Morgan fingerprint density at radius 3 is 2.29 bits per heavy atom. The summed E-state index contributed by atoms with van der Waals surface area (Å²) in [4.78, 5) is 11.4. The van der Waals surface area contributed by atoms with Crippen LogP contribution in [0.25, 0.3) is 0 Å². The second kappa shape index (κ2) is 4.28. The van der Waals surface area contributed by atoms with Crippen LogP contribution in [0.15, 0.2) is 18.2 Å². The molecular formula is C10H11F2NO. The van der Waals surface area contributed by atoms with Crippen LogP contribution in [0.4, 0.5) is 8.78 Å². The van der Waals surface area contributed by atoms with Crippen LogP contribution in [0.2, 0.25) is 0 Å². The van der Waals surface area contributed by atoms with Gasteiger partial charge in [0.1, 0.15) is 11.6 Å². The number of hydrogen-bond acceptors (Lipinski definition) is 2. The first kappa shape index (κ1) is 10.8. The summed E-state index contributed by atoms with van der Waals surface area (Å²) in [5.74, 6) is -1.97. The Labute approximate surface area is 80.7 Å². The van der Waals surface area contributed by atoms with E-state index in [0.717, 1.165) is 12.1 Å². The van der Waals surface area contributed by atoms with E-state index < -0.39 is 23.5 Å². The highest BCUT2D eigenvalue weighted by molar-refractivity contribution is 5.99. The van der Waals surface area contributed by atoms with Crippen molar-refractivity contribution in [2.24, 2.45) is 5.73 Å². The van der Waals surface area contributed by atoms with E-state index in [-0.39, 0.29) is 5.56 Å². The van der Waals surface area contributed by atoms with Gasteiger partial charge in [0, 0.05) is 11.6 Å². The van der Waals surface area contributed by atoms with Crippen molar-refractivity contribution in [2.45, 2.75) is 19.4 Å². The Bertz CT molecular complexity index is 332. The minimum atomic E-state index is -0.767. The van der Waals surface area contributed by atoms with E-state index in [1.54, 1.807) is 6.92 Å². The average Bonchev–Trinajstić information content (AvgIpc) is 2.14. The van der Waals surface area contributed by atoms with Gasteiger partial charge in [0.2, 0.25) is 0 Å². The number of carbonyl (C=O) groups excluding carboxylic acids is 1. The summed E-state index contributed by atoms with van der Waals surface area (Å²) in [5.41, 5.74) is 5.44. The number of rotatable bonds is 3. The molecule has 0 fully saturated rings. The van der Waals surface area contributed by atoms with E-state index in [1.807, 2.05) is 0 Å². The third-order valence-electron chi connectivity index (χ3n) is 1.92. The maximum absolute atomic E-state index is 12.7. The van der Waals surface area contributed by atoms with Crippen molar-refractivity contribution in [2.75, 3.05) is 0 Å². The topological polar surface area (TPSA) is 43.1 Å². The molecule has 14 heavy (non-hydrogen) atoms. The number of halogens is 2. The highest BCUT2D eigenvalue weighted by Crippen LogP contribution is 2.10. The Balaban J connectivity index is 3.01. The standard InChI is InChI=1S/C10H11F2NO/c1-2-9(13)10(14)6-3-7(11)5-8(12)4-6/h3-5,9H,2,13H2,1H3. The zero-order valence-electron chi connectivity index (χ0n) is 7.76. The largest absolute Gasteiger partial charge is 0.321 e. The lowest BCUT2D eigenvalue weighted by Crippen LogP contribution is -2.29. The molecule has 0 aliphatic carbocycles. The maximum Gasteiger partial charge on any atom is 0.179 e. The second-order valence-corrected chi connectivity index (χ2v) is 3.04. The van der Waals surface area contributed by atoms with Gasteiger partial charge in [-0.25, -0.2) is 8.78 Å². The molecule has 0 saturated carbocycles. The summed E-state index contributed by atoms with van der Waals surface area (Å²) in [7, 11) is 0. The zero-order valence-corrected chi connectivity index (χ0v) is 7.76. The number of carbonyl (C=O) groups is 1. The lowest BCUT2D eigenvalue weighted by Gasteiger charge is -2.07. The van der Waals surface area contributed by atoms with E-state index in [4.69, 9.17) is 5.73 Å². The summed E-state index contributed by atoms with van der Waals surface area (Å²) >= 11 is 0. The van der Waals surface area contributed by atoms with E-state index in [0.29, 0.717) is 12.5 Å². The van der Waals surface area contributed by atoms with Gasteiger partial charge in [-0.05, 0) is 18.6 Å². The molecule has 0 saturated heterocycles. The van der Waals surface area contributed by atoms with Gasteiger partial charge in [-0.15, -0.1) is 0 Å². The molecule has 0 heterocycles. The third kappa shape index (κ3) is 2.35. The number of nitrogens with two attached hydrogens (primary N) is 1. The monoisotopic (exact) mass is 199 g/mol. The van der Waals surface area contributed by atoms with Crippen molar-refractivity contribution in [3.8, 4) is 0 Å². The Hall–Kier alpha value is -1.29. The molecule has 4 heteroatoms. The molecule has 0 aliphatic rings. The first-order chi connectivity index (χ1) is 6.54. The van der Waals surface area contributed by atoms with E-state index >= 15 is 0 Å². The summed E-state index contributed by atoms with van der Waals surface area (Å²) in [6.45, 7) is 1.73. The molecule has 0 amide bonds. The van der Waals surface area contributed by atoms with Gasteiger partial charge < -0.3 is 5.73 Å². The van der Waals surface area contributed by atoms with Crippen molar-refractivity contribution in [3.05, 3.63) is 35.4 Å². The van der Waals surface area contributed by atoms with Crippen molar-refractivity contribution >= 4 is 5.78 Å². The molecular weight excluding hydrogens is 188 g/mol. The molecule has 0 bridgehead atoms. The van der Waals surface area contributed by atoms with Crippen LogP contribution >= 0.6 is 0 Å². The molecule has 0 aromatic heterocycles. The SMILES string of the molecule is CCC(N)C(=O)c1cc(F)cc(F)c1. The van der Waals surface area contributed by atoms with Crippen LogP contribution in [-0.2, 0) is 0 Å². The predicted octanol–water partition coefficient (Wildman–Crippen LogP) is 1.88. The Morgan fingerprint density at radius 2 is 1.86 bits per heavy atom. The lowest BCUT2D eigenvalue weighted by molar-refractivity contribution is 0.0958. The molecule has 76 valence electrons. The molecule has 1 rings (SSSR count). The van der Waals surface area contributed by atoms with Crippen LogP contribution in [0.3, 0.4) is 0 Å². The van der Waals surface area contributed by atoms with Gasteiger partial charge in [0.05, 0.1) is 6.04 Å². The first-order valence-corrected chi connectivity index (χ1v) is 4.30. The molecule has 0 spiro atoms. The second-order valence-electron chi connectivity index (χ2n) is 3.04. The van der Waals surface area contributed by atoms with E-state index in [2.05, 4.69) is 0 Å². The summed E-state index contributed by atoms with van der Waals surface area (Å²) in [6.07, 6.45) is 0.441. The lowest BCUT2D eigenvalue weighted by atomic mass is 10.0. The van der Waals surface area contributed by atoms with Crippen molar-refractivity contribution < 1.29 is 13.6 Å². The van der Waals surface area contributed by atoms with Gasteiger partial charge in [0.25, 0.3) is 0 Å². The van der Waals surface area contributed by atoms with Gasteiger partial charge in [-0.1, -0.05) is 6.92 Å². The normalized spacial score (nSPS) is 12.6.